The third kappa shape index (κ3) is 5.32. The van der Waals surface area contributed by atoms with E-state index in [9.17, 15) is 14.4 Å². The molecule has 0 fully saturated rings. The van der Waals surface area contributed by atoms with Crippen LogP contribution in [0, 0.1) is 0 Å². The average Bonchev–Trinajstić information content (AvgIpc) is 2.56. The second-order valence-electron chi connectivity index (χ2n) is 5.28. The van der Waals surface area contributed by atoms with Crippen LogP contribution in [0.1, 0.15) is 24.2 Å². The van der Waals surface area contributed by atoms with Gasteiger partial charge in [-0.05, 0) is 43.3 Å². The SMILES string of the molecule is CC(=O)Nc1ccc(NC(=O)[C@@H](C)OC(=O)c2ccccc2Cl)cc1. The number of hydrogen-bond acceptors (Lipinski definition) is 4. The van der Waals surface area contributed by atoms with Crippen molar-refractivity contribution >= 4 is 40.8 Å². The first-order chi connectivity index (χ1) is 11.9. The third-order valence-corrected chi connectivity index (χ3v) is 3.55. The molecule has 0 aliphatic rings. The summed E-state index contributed by atoms with van der Waals surface area (Å²) in [6.45, 7) is 2.88. The lowest BCUT2D eigenvalue weighted by atomic mass is 10.2. The summed E-state index contributed by atoms with van der Waals surface area (Å²) in [5, 5.41) is 5.51. The number of carbonyl (C=O) groups excluding carboxylic acids is 3. The first kappa shape index (κ1) is 18.5. The average molecular weight is 361 g/mol. The van der Waals surface area contributed by atoms with Crippen LogP contribution in [0.4, 0.5) is 11.4 Å². The predicted octanol–water partition coefficient (Wildman–Crippen LogP) is 3.48. The monoisotopic (exact) mass is 360 g/mol. The smallest absolute Gasteiger partial charge is 0.340 e. The minimum atomic E-state index is -1.00. The first-order valence-electron chi connectivity index (χ1n) is 7.51. The summed E-state index contributed by atoms with van der Waals surface area (Å²) in [6.07, 6.45) is -1.00. The lowest BCUT2D eigenvalue weighted by molar-refractivity contribution is -0.123. The zero-order chi connectivity index (χ0) is 18.4. The summed E-state index contributed by atoms with van der Waals surface area (Å²) in [5.74, 6) is -1.33. The van der Waals surface area contributed by atoms with Crippen molar-refractivity contribution in [1.82, 2.24) is 0 Å². The minimum absolute atomic E-state index is 0.183. The Labute approximate surface area is 150 Å². The van der Waals surface area contributed by atoms with Gasteiger partial charge in [-0.1, -0.05) is 23.7 Å². The van der Waals surface area contributed by atoms with Gasteiger partial charge in [0.2, 0.25) is 5.91 Å². The van der Waals surface area contributed by atoms with Gasteiger partial charge >= 0.3 is 5.97 Å². The Morgan fingerprint density at radius 1 is 0.960 bits per heavy atom. The third-order valence-electron chi connectivity index (χ3n) is 3.22. The maximum atomic E-state index is 12.1. The highest BCUT2D eigenvalue weighted by molar-refractivity contribution is 6.33. The Morgan fingerprint density at radius 3 is 2.08 bits per heavy atom. The fourth-order valence-corrected chi connectivity index (χ4v) is 2.20. The van der Waals surface area contributed by atoms with Crippen molar-refractivity contribution in [3.05, 3.63) is 59.1 Å². The normalized spacial score (nSPS) is 11.3. The highest BCUT2D eigenvalue weighted by Gasteiger charge is 2.20. The summed E-state index contributed by atoms with van der Waals surface area (Å²) in [7, 11) is 0. The Hall–Kier alpha value is -2.86. The molecule has 130 valence electrons. The van der Waals surface area contributed by atoms with E-state index < -0.39 is 18.0 Å². The quantitative estimate of drug-likeness (QED) is 0.799. The van der Waals surface area contributed by atoms with Crippen molar-refractivity contribution in [1.29, 1.82) is 0 Å². The molecule has 0 aliphatic heterocycles. The summed E-state index contributed by atoms with van der Waals surface area (Å²) in [4.78, 5) is 35.2. The summed E-state index contributed by atoms with van der Waals surface area (Å²) < 4.78 is 5.14. The zero-order valence-electron chi connectivity index (χ0n) is 13.7. The van der Waals surface area contributed by atoms with Crippen LogP contribution >= 0.6 is 11.6 Å². The lowest BCUT2D eigenvalue weighted by Gasteiger charge is -2.14. The van der Waals surface area contributed by atoms with E-state index in [2.05, 4.69) is 10.6 Å². The molecular formula is C18H17ClN2O4. The maximum Gasteiger partial charge on any atom is 0.340 e. The number of benzene rings is 2. The number of halogens is 1. The lowest BCUT2D eigenvalue weighted by Crippen LogP contribution is -2.30. The van der Waals surface area contributed by atoms with E-state index in [1.54, 1.807) is 42.5 Å². The molecule has 2 rings (SSSR count). The highest BCUT2D eigenvalue weighted by atomic mass is 35.5. The van der Waals surface area contributed by atoms with E-state index in [1.807, 2.05) is 0 Å². The van der Waals surface area contributed by atoms with Gasteiger partial charge in [-0.25, -0.2) is 4.79 Å². The molecule has 2 aromatic carbocycles. The molecule has 1 atom stereocenters. The van der Waals surface area contributed by atoms with Gasteiger partial charge in [-0.3, -0.25) is 9.59 Å². The molecular weight excluding hydrogens is 344 g/mol. The molecule has 0 spiro atoms. The Morgan fingerprint density at radius 2 is 1.52 bits per heavy atom. The summed E-state index contributed by atoms with van der Waals surface area (Å²) >= 11 is 5.93. The van der Waals surface area contributed by atoms with Crippen LogP contribution in [-0.4, -0.2) is 23.9 Å². The first-order valence-corrected chi connectivity index (χ1v) is 7.88. The molecule has 2 aromatic rings. The van der Waals surface area contributed by atoms with E-state index in [4.69, 9.17) is 16.3 Å². The van der Waals surface area contributed by atoms with Gasteiger partial charge in [0.05, 0.1) is 10.6 Å². The minimum Gasteiger partial charge on any atom is -0.449 e. The fourth-order valence-electron chi connectivity index (χ4n) is 1.99. The van der Waals surface area contributed by atoms with Crippen molar-refractivity contribution in [2.45, 2.75) is 20.0 Å². The number of carbonyl (C=O) groups is 3. The van der Waals surface area contributed by atoms with E-state index in [0.29, 0.717) is 11.4 Å². The molecule has 6 nitrogen and oxygen atoms in total. The number of hydrogen-bond donors (Lipinski definition) is 2. The molecule has 2 amide bonds. The van der Waals surface area contributed by atoms with Crippen LogP contribution in [0.25, 0.3) is 0 Å². The molecule has 0 aliphatic carbocycles. The topological polar surface area (TPSA) is 84.5 Å². The van der Waals surface area contributed by atoms with Gasteiger partial charge in [0.15, 0.2) is 6.10 Å². The largest absolute Gasteiger partial charge is 0.449 e. The molecule has 0 heterocycles. The van der Waals surface area contributed by atoms with Crippen molar-refractivity contribution in [2.75, 3.05) is 10.6 Å². The molecule has 0 unspecified atom stereocenters. The molecule has 0 saturated carbocycles. The molecule has 2 N–H and O–H groups in total. The van der Waals surface area contributed by atoms with Gasteiger partial charge in [-0.15, -0.1) is 0 Å². The maximum absolute atomic E-state index is 12.1. The Kier molecular flexibility index (Phi) is 6.14. The number of rotatable bonds is 5. The Bertz CT molecular complexity index is 790. The summed E-state index contributed by atoms with van der Waals surface area (Å²) in [5.41, 5.74) is 1.33. The highest BCUT2D eigenvalue weighted by Crippen LogP contribution is 2.17. The molecule has 0 radical (unpaired) electrons. The number of ether oxygens (including phenoxy) is 1. The molecule has 25 heavy (non-hydrogen) atoms. The van der Waals surface area contributed by atoms with Gasteiger partial charge in [0.25, 0.3) is 5.91 Å². The van der Waals surface area contributed by atoms with Crippen molar-refractivity contribution in [3.63, 3.8) is 0 Å². The second-order valence-corrected chi connectivity index (χ2v) is 5.68. The second kappa shape index (κ2) is 8.30. The van der Waals surface area contributed by atoms with E-state index in [1.165, 1.54) is 19.9 Å². The van der Waals surface area contributed by atoms with Crippen LogP contribution in [0.5, 0.6) is 0 Å². The Balaban J connectivity index is 1.95. The number of amides is 2. The summed E-state index contributed by atoms with van der Waals surface area (Å²) in [6, 6.07) is 13.0. The van der Waals surface area contributed by atoms with Crippen LogP contribution in [0.3, 0.4) is 0 Å². The van der Waals surface area contributed by atoms with Crippen LogP contribution in [0.2, 0.25) is 5.02 Å². The van der Waals surface area contributed by atoms with E-state index >= 15 is 0 Å². The van der Waals surface area contributed by atoms with Gasteiger partial charge in [0, 0.05) is 18.3 Å². The standard InChI is InChI=1S/C18H17ClN2O4/c1-11(25-18(24)15-5-3-4-6-16(15)19)17(23)21-14-9-7-13(8-10-14)20-12(2)22/h3-11H,1-2H3,(H,20,22)(H,21,23)/t11-/m1/s1. The zero-order valence-corrected chi connectivity index (χ0v) is 14.5. The van der Waals surface area contributed by atoms with Crippen molar-refractivity contribution < 1.29 is 19.1 Å². The number of esters is 1. The van der Waals surface area contributed by atoms with E-state index in [-0.39, 0.29) is 16.5 Å². The number of anilines is 2. The molecule has 7 heteroatoms. The molecule has 0 saturated heterocycles. The van der Waals surface area contributed by atoms with Crippen molar-refractivity contribution in [3.8, 4) is 0 Å². The molecule has 0 aromatic heterocycles. The van der Waals surface area contributed by atoms with Crippen LogP contribution in [0.15, 0.2) is 48.5 Å². The van der Waals surface area contributed by atoms with Gasteiger partial charge < -0.3 is 15.4 Å². The van der Waals surface area contributed by atoms with Gasteiger partial charge in [-0.2, -0.15) is 0 Å². The van der Waals surface area contributed by atoms with E-state index in [0.717, 1.165) is 0 Å². The predicted molar refractivity (Wildman–Crippen MR) is 95.7 cm³/mol. The van der Waals surface area contributed by atoms with Gasteiger partial charge in [0.1, 0.15) is 0 Å². The fraction of sp³-hybridized carbons (Fsp3) is 0.167. The van der Waals surface area contributed by atoms with Crippen LogP contribution < -0.4 is 10.6 Å². The molecule has 0 bridgehead atoms. The van der Waals surface area contributed by atoms with Crippen molar-refractivity contribution in [2.24, 2.45) is 0 Å². The number of nitrogens with one attached hydrogen (secondary N) is 2. The van der Waals surface area contributed by atoms with Crippen LogP contribution in [-0.2, 0) is 14.3 Å².